The number of Topliss-reactive ketones (excluding diaryl/α,β-unsaturated/α-hetero) is 1. The van der Waals surface area contributed by atoms with Crippen molar-refractivity contribution in [1.29, 1.82) is 0 Å². The Labute approximate surface area is 106 Å². The van der Waals surface area contributed by atoms with E-state index in [0.717, 1.165) is 0 Å². The summed E-state index contributed by atoms with van der Waals surface area (Å²) >= 11 is 0. The lowest BCUT2D eigenvalue weighted by Gasteiger charge is -2.18. The molecular weight excluding hydrogens is 235 g/mol. The minimum atomic E-state index is -0.957. The topological polar surface area (TPSA) is 43.4 Å². The van der Waals surface area contributed by atoms with Gasteiger partial charge in [-0.05, 0) is 25.0 Å². The SMILES string of the molecule is CCOC(=O)C(C(=O)c1ccccc1F)C(C)C. The van der Waals surface area contributed by atoms with Crippen molar-refractivity contribution in [2.24, 2.45) is 11.8 Å². The minimum Gasteiger partial charge on any atom is -0.465 e. The van der Waals surface area contributed by atoms with E-state index in [1.165, 1.54) is 18.2 Å². The van der Waals surface area contributed by atoms with E-state index in [9.17, 15) is 14.0 Å². The number of benzene rings is 1. The van der Waals surface area contributed by atoms with Crippen molar-refractivity contribution in [2.45, 2.75) is 20.8 Å². The molecule has 98 valence electrons. The third-order valence-corrected chi connectivity index (χ3v) is 2.63. The average molecular weight is 252 g/mol. The first-order valence-electron chi connectivity index (χ1n) is 5.94. The molecular formula is C14H17FO3. The molecule has 1 aromatic rings. The van der Waals surface area contributed by atoms with Crippen LogP contribution >= 0.6 is 0 Å². The summed E-state index contributed by atoms with van der Waals surface area (Å²) in [5, 5.41) is 0. The van der Waals surface area contributed by atoms with E-state index in [1.54, 1.807) is 26.8 Å². The Kier molecular flexibility index (Phi) is 5.01. The van der Waals surface area contributed by atoms with Crippen LogP contribution in [0.1, 0.15) is 31.1 Å². The second-order valence-electron chi connectivity index (χ2n) is 4.32. The molecule has 0 aliphatic carbocycles. The molecule has 0 spiro atoms. The lowest BCUT2D eigenvalue weighted by molar-refractivity contribution is -0.147. The van der Waals surface area contributed by atoms with Gasteiger partial charge in [0.1, 0.15) is 11.7 Å². The number of halogens is 1. The maximum atomic E-state index is 13.5. The van der Waals surface area contributed by atoms with Crippen molar-refractivity contribution >= 4 is 11.8 Å². The van der Waals surface area contributed by atoms with Gasteiger partial charge in [0.15, 0.2) is 5.78 Å². The predicted molar refractivity (Wildman–Crippen MR) is 65.7 cm³/mol. The maximum absolute atomic E-state index is 13.5. The fourth-order valence-electron chi connectivity index (χ4n) is 1.74. The van der Waals surface area contributed by atoms with Crippen LogP contribution in [0.15, 0.2) is 24.3 Å². The van der Waals surface area contributed by atoms with Crippen LogP contribution in [-0.2, 0) is 9.53 Å². The number of carbonyl (C=O) groups excluding carboxylic acids is 2. The summed E-state index contributed by atoms with van der Waals surface area (Å²) < 4.78 is 18.4. The molecule has 0 fully saturated rings. The molecule has 1 atom stereocenters. The molecule has 0 aromatic heterocycles. The molecule has 1 unspecified atom stereocenters. The third-order valence-electron chi connectivity index (χ3n) is 2.63. The Morgan fingerprint density at radius 3 is 2.39 bits per heavy atom. The van der Waals surface area contributed by atoms with E-state index in [4.69, 9.17) is 4.74 Å². The Balaban J connectivity index is 3.04. The van der Waals surface area contributed by atoms with Gasteiger partial charge in [-0.2, -0.15) is 0 Å². The molecule has 0 aliphatic rings. The number of hydrogen-bond acceptors (Lipinski definition) is 3. The van der Waals surface area contributed by atoms with Crippen molar-refractivity contribution < 1.29 is 18.7 Å². The van der Waals surface area contributed by atoms with Gasteiger partial charge in [-0.15, -0.1) is 0 Å². The van der Waals surface area contributed by atoms with E-state index < -0.39 is 23.5 Å². The fraction of sp³-hybridized carbons (Fsp3) is 0.429. The Morgan fingerprint density at radius 1 is 1.28 bits per heavy atom. The maximum Gasteiger partial charge on any atom is 0.317 e. The molecule has 0 saturated carbocycles. The van der Waals surface area contributed by atoms with Crippen LogP contribution in [0.2, 0.25) is 0 Å². The van der Waals surface area contributed by atoms with E-state index in [-0.39, 0.29) is 18.1 Å². The molecule has 1 aromatic carbocycles. The first-order chi connectivity index (χ1) is 8.49. The number of ether oxygens (including phenoxy) is 1. The van der Waals surface area contributed by atoms with Crippen molar-refractivity contribution in [1.82, 2.24) is 0 Å². The molecule has 0 N–H and O–H groups in total. The zero-order chi connectivity index (χ0) is 13.7. The van der Waals surface area contributed by atoms with Crippen LogP contribution in [0.25, 0.3) is 0 Å². The van der Waals surface area contributed by atoms with Crippen molar-refractivity contribution in [3.8, 4) is 0 Å². The summed E-state index contributed by atoms with van der Waals surface area (Å²) in [7, 11) is 0. The monoisotopic (exact) mass is 252 g/mol. The van der Waals surface area contributed by atoms with Gasteiger partial charge in [-0.1, -0.05) is 26.0 Å². The Morgan fingerprint density at radius 2 is 1.89 bits per heavy atom. The Bertz CT molecular complexity index is 440. The van der Waals surface area contributed by atoms with E-state index in [2.05, 4.69) is 0 Å². The lowest BCUT2D eigenvalue weighted by atomic mass is 9.88. The first-order valence-corrected chi connectivity index (χ1v) is 5.94. The normalized spacial score (nSPS) is 12.3. The second-order valence-corrected chi connectivity index (χ2v) is 4.32. The van der Waals surface area contributed by atoms with Crippen LogP contribution in [0.5, 0.6) is 0 Å². The summed E-state index contributed by atoms with van der Waals surface area (Å²) in [5.41, 5.74) is -0.0655. The van der Waals surface area contributed by atoms with Gasteiger partial charge in [0, 0.05) is 0 Å². The molecule has 4 heteroatoms. The summed E-state index contributed by atoms with van der Waals surface area (Å²) in [6.45, 7) is 5.34. The van der Waals surface area contributed by atoms with Crippen LogP contribution < -0.4 is 0 Å². The van der Waals surface area contributed by atoms with Gasteiger partial charge in [0.2, 0.25) is 0 Å². The second kappa shape index (κ2) is 6.28. The highest BCUT2D eigenvalue weighted by atomic mass is 19.1. The van der Waals surface area contributed by atoms with Gasteiger partial charge in [0.25, 0.3) is 0 Å². The largest absolute Gasteiger partial charge is 0.465 e. The van der Waals surface area contributed by atoms with Gasteiger partial charge in [-0.3, -0.25) is 9.59 Å². The molecule has 0 aliphatic heterocycles. The summed E-state index contributed by atoms with van der Waals surface area (Å²) in [4.78, 5) is 23.9. The number of esters is 1. The zero-order valence-electron chi connectivity index (χ0n) is 10.8. The quantitative estimate of drug-likeness (QED) is 0.460. The van der Waals surface area contributed by atoms with Crippen LogP contribution in [0, 0.1) is 17.7 Å². The molecule has 0 bridgehead atoms. The summed E-state index contributed by atoms with van der Waals surface area (Å²) in [6.07, 6.45) is 0. The lowest BCUT2D eigenvalue weighted by Crippen LogP contribution is -2.31. The average Bonchev–Trinajstić information content (AvgIpc) is 2.29. The summed E-state index contributed by atoms with van der Waals surface area (Å²) in [5.74, 6) is -2.93. The van der Waals surface area contributed by atoms with E-state index in [0.29, 0.717) is 0 Å². The molecule has 0 amide bonds. The highest BCUT2D eigenvalue weighted by Crippen LogP contribution is 2.20. The van der Waals surface area contributed by atoms with Crippen molar-refractivity contribution in [2.75, 3.05) is 6.61 Å². The highest BCUT2D eigenvalue weighted by molar-refractivity contribution is 6.08. The van der Waals surface area contributed by atoms with Gasteiger partial charge < -0.3 is 4.74 Å². The molecule has 18 heavy (non-hydrogen) atoms. The standard InChI is InChI=1S/C14H17FO3/c1-4-18-14(17)12(9(2)3)13(16)10-7-5-6-8-11(10)15/h5-9,12H,4H2,1-3H3. The molecule has 0 saturated heterocycles. The molecule has 1 rings (SSSR count). The molecule has 0 heterocycles. The predicted octanol–water partition coefficient (Wildman–Crippen LogP) is 2.84. The summed E-state index contributed by atoms with van der Waals surface area (Å²) in [6, 6.07) is 5.65. The number of carbonyl (C=O) groups is 2. The smallest absolute Gasteiger partial charge is 0.317 e. The first kappa shape index (κ1) is 14.4. The van der Waals surface area contributed by atoms with Crippen molar-refractivity contribution in [3.63, 3.8) is 0 Å². The number of rotatable bonds is 5. The van der Waals surface area contributed by atoms with Gasteiger partial charge in [0.05, 0.1) is 12.2 Å². The highest BCUT2D eigenvalue weighted by Gasteiger charge is 2.33. The fourth-order valence-corrected chi connectivity index (χ4v) is 1.74. The molecule has 0 radical (unpaired) electrons. The van der Waals surface area contributed by atoms with Crippen LogP contribution in [-0.4, -0.2) is 18.4 Å². The third kappa shape index (κ3) is 3.15. The van der Waals surface area contributed by atoms with Gasteiger partial charge >= 0.3 is 5.97 Å². The van der Waals surface area contributed by atoms with Crippen molar-refractivity contribution in [3.05, 3.63) is 35.6 Å². The number of hydrogen-bond donors (Lipinski definition) is 0. The van der Waals surface area contributed by atoms with Crippen LogP contribution in [0.3, 0.4) is 0 Å². The van der Waals surface area contributed by atoms with E-state index in [1.807, 2.05) is 0 Å². The number of ketones is 1. The zero-order valence-corrected chi connectivity index (χ0v) is 10.8. The minimum absolute atomic E-state index is 0.0655. The Hall–Kier alpha value is -1.71. The van der Waals surface area contributed by atoms with Gasteiger partial charge in [-0.25, -0.2) is 4.39 Å². The van der Waals surface area contributed by atoms with Crippen LogP contribution in [0.4, 0.5) is 4.39 Å². The molecule has 3 nitrogen and oxygen atoms in total. The van der Waals surface area contributed by atoms with E-state index >= 15 is 0 Å².